The second-order valence-electron chi connectivity index (χ2n) is 6.69. The molecule has 0 radical (unpaired) electrons. The van der Waals surface area contributed by atoms with Crippen molar-refractivity contribution in [2.75, 3.05) is 0 Å². The lowest BCUT2D eigenvalue weighted by molar-refractivity contribution is 0.0992. The van der Waals surface area contributed by atoms with Crippen LogP contribution < -0.4 is 28.6 Å². The van der Waals surface area contributed by atoms with Gasteiger partial charge < -0.3 is 17.2 Å². The second-order valence-corrected chi connectivity index (χ2v) is 6.69. The zero-order valence-corrected chi connectivity index (χ0v) is 16.1. The second kappa shape index (κ2) is 9.09. The zero-order valence-electron chi connectivity index (χ0n) is 16.1. The Morgan fingerprint density at radius 1 is 1.00 bits per heavy atom. The van der Waals surface area contributed by atoms with Crippen molar-refractivity contribution in [2.24, 2.45) is 33.1 Å². The molecule has 0 heterocycles. The Bertz CT molecular complexity index is 861. The molecule has 0 aromatic heterocycles. The van der Waals surface area contributed by atoms with Crippen LogP contribution in [0.5, 0.6) is 0 Å². The van der Waals surface area contributed by atoms with Crippen molar-refractivity contribution in [1.82, 2.24) is 5.53 Å². The summed E-state index contributed by atoms with van der Waals surface area (Å²) in [6, 6.07) is 13.2. The number of hydrogen-bond acceptors (Lipinski definition) is 6. The molecule has 0 spiro atoms. The number of nitrogens with one attached hydrogen (secondary N) is 1. The molecule has 1 atom stereocenters. The van der Waals surface area contributed by atoms with Crippen LogP contribution in [-0.2, 0) is 5.41 Å². The van der Waals surface area contributed by atoms with Crippen molar-refractivity contribution in [1.29, 1.82) is 0 Å². The van der Waals surface area contributed by atoms with E-state index in [0.717, 1.165) is 11.1 Å². The van der Waals surface area contributed by atoms with Crippen molar-refractivity contribution in [3.8, 4) is 0 Å². The highest BCUT2D eigenvalue weighted by Crippen LogP contribution is 2.39. The first-order valence-electron chi connectivity index (χ1n) is 8.83. The summed E-state index contributed by atoms with van der Waals surface area (Å²) in [5.74, 6) is 4.63. The van der Waals surface area contributed by atoms with E-state index in [0.29, 0.717) is 17.5 Å². The van der Waals surface area contributed by atoms with Crippen LogP contribution in [0, 0.1) is 0 Å². The van der Waals surface area contributed by atoms with E-state index in [-0.39, 0.29) is 11.9 Å². The van der Waals surface area contributed by atoms with Crippen LogP contribution in [0.25, 0.3) is 0 Å². The Morgan fingerprint density at radius 2 is 1.41 bits per heavy atom. The fraction of sp³-hybridized carbons (Fsp3) is 0.200. The molecular weight excluding hydrogens is 370 g/mol. The van der Waals surface area contributed by atoms with Gasteiger partial charge in [0.25, 0.3) is 0 Å². The van der Waals surface area contributed by atoms with Crippen molar-refractivity contribution in [3.63, 3.8) is 0 Å². The van der Waals surface area contributed by atoms with E-state index >= 15 is 0 Å². The number of amides is 2. The van der Waals surface area contributed by atoms with E-state index in [2.05, 4.69) is 22.3 Å². The molecule has 0 fully saturated rings. The van der Waals surface area contributed by atoms with Gasteiger partial charge in [-0.25, -0.2) is 16.4 Å². The summed E-state index contributed by atoms with van der Waals surface area (Å²) in [6.07, 6.45) is 0.387. The first-order chi connectivity index (χ1) is 13.8. The van der Waals surface area contributed by atoms with E-state index in [1.807, 2.05) is 6.92 Å². The predicted octanol–water partition coefficient (Wildman–Crippen LogP) is 0.385. The maximum Gasteiger partial charge on any atom is 0.248 e. The summed E-state index contributed by atoms with van der Waals surface area (Å²) in [6.45, 7) is 5.48. The number of nitrogens with zero attached hydrogens (tertiary/aromatic N) is 2. The SMILES string of the molecule is C=N/C(=N\NN)C(C[C@@H](C)N)(c1ccc(C(N)=O)cc1)c1ccc(C(N)=O)cc1. The Morgan fingerprint density at radius 3 is 1.69 bits per heavy atom. The van der Waals surface area contributed by atoms with Gasteiger partial charge in [0.15, 0.2) is 5.84 Å². The topological polar surface area (TPSA) is 175 Å². The van der Waals surface area contributed by atoms with Crippen LogP contribution >= 0.6 is 0 Å². The molecule has 0 saturated heterocycles. The third-order valence-corrected chi connectivity index (χ3v) is 4.65. The molecule has 0 saturated carbocycles. The molecule has 29 heavy (non-hydrogen) atoms. The molecule has 2 aromatic rings. The molecule has 9 N–H and O–H groups in total. The van der Waals surface area contributed by atoms with Gasteiger partial charge in [0.2, 0.25) is 11.8 Å². The lowest BCUT2D eigenvalue weighted by Gasteiger charge is -2.36. The number of hydrogen-bond donors (Lipinski definition) is 5. The molecule has 152 valence electrons. The minimum absolute atomic E-state index is 0.272. The normalized spacial score (nSPS) is 12.9. The van der Waals surface area contributed by atoms with Crippen LogP contribution in [0.15, 0.2) is 58.6 Å². The highest BCUT2D eigenvalue weighted by Gasteiger charge is 2.41. The fourth-order valence-electron chi connectivity index (χ4n) is 3.40. The Hall–Kier alpha value is -3.56. The number of carbonyl (C=O) groups is 2. The van der Waals surface area contributed by atoms with Gasteiger partial charge in [0, 0.05) is 17.2 Å². The first-order valence-corrected chi connectivity index (χ1v) is 8.83. The minimum Gasteiger partial charge on any atom is -0.366 e. The monoisotopic (exact) mass is 395 g/mol. The third-order valence-electron chi connectivity index (χ3n) is 4.65. The van der Waals surface area contributed by atoms with Gasteiger partial charge in [-0.15, -0.1) is 5.10 Å². The molecule has 0 aliphatic carbocycles. The number of aliphatic imine (C=N–C) groups is 1. The largest absolute Gasteiger partial charge is 0.366 e. The summed E-state index contributed by atoms with van der Waals surface area (Å²) in [7, 11) is 0. The number of nitrogens with two attached hydrogens (primary N) is 4. The molecule has 0 aliphatic heterocycles. The molecule has 2 aromatic carbocycles. The van der Waals surface area contributed by atoms with Gasteiger partial charge in [0.05, 0.1) is 5.41 Å². The lowest BCUT2D eigenvalue weighted by Crippen LogP contribution is -2.42. The van der Waals surface area contributed by atoms with Gasteiger partial charge in [0.1, 0.15) is 0 Å². The third kappa shape index (κ3) is 4.48. The standard InChI is InChI=1S/C20H25N7O2/c1-12(21)11-20(19(25-2)26-27-24,15-7-3-13(4-8-15)17(22)28)16-9-5-14(6-10-16)18(23)29/h3-10,12,27H,2,11,21,24H2,1H3,(H2,22,28)(H2,23,29)/b26-19-/t12-/m1/s1. The summed E-state index contributed by atoms with van der Waals surface area (Å²) >= 11 is 0. The number of benzene rings is 2. The van der Waals surface area contributed by atoms with Gasteiger partial charge in [-0.1, -0.05) is 24.3 Å². The Kier molecular flexibility index (Phi) is 6.81. The molecule has 9 nitrogen and oxygen atoms in total. The van der Waals surface area contributed by atoms with Gasteiger partial charge in [-0.05, 0) is 55.5 Å². The van der Waals surface area contributed by atoms with Crippen molar-refractivity contribution in [3.05, 3.63) is 70.8 Å². The van der Waals surface area contributed by atoms with Gasteiger partial charge >= 0.3 is 0 Å². The molecule has 0 unspecified atom stereocenters. The quantitative estimate of drug-likeness (QED) is 0.188. The Balaban J connectivity index is 2.81. The van der Waals surface area contributed by atoms with Crippen LogP contribution in [-0.4, -0.2) is 30.4 Å². The van der Waals surface area contributed by atoms with Crippen LogP contribution in [0.4, 0.5) is 0 Å². The van der Waals surface area contributed by atoms with Crippen molar-refractivity contribution >= 4 is 24.4 Å². The number of amidine groups is 1. The van der Waals surface area contributed by atoms with E-state index in [1.165, 1.54) is 0 Å². The van der Waals surface area contributed by atoms with E-state index < -0.39 is 17.2 Å². The smallest absolute Gasteiger partial charge is 0.248 e. The number of rotatable bonds is 8. The van der Waals surface area contributed by atoms with Crippen LogP contribution in [0.2, 0.25) is 0 Å². The number of primary amides is 2. The molecule has 0 aliphatic rings. The van der Waals surface area contributed by atoms with Crippen LogP contribution in [0.1, 0.15) is 45.2 Å². The van der Waals surface area contributed by atoms with E-state index in [9.17, 15) is 9.59 Å². The summed E-state index contributed by atoms with van der Waals surface area (Å²) < 4.78 is 0. The number of carbonyl (C=O) groups excluding carboxylic acids is 2. The lowest BCUT2D eigenvalue weighted by atomic mass is 9.69. The summed E-state index contributed by atoms with van der Waals surface area (Å²) in [4.78, 5) is 27.1. The zero-order chi connectivity index (χ0) is 21.6. The number of hydrazine groups is 1. The summed E-state index contributed by atoms with van der Waals surface area (Å²) in [5.41, 5.74) is 20.4. The predicted molar refractivity (Wildman–Crippen MR) is 113 cm³/mol. The average molecular weight is 395 g/mol. The van der Waals surface area contributed by atoms with E-state index in [4.69, 9.17) is 23.0 Å². The average Bonchev–Trinajstić information content (AvgIpc) is 2.70. The fourth-order valence-corrected chi connectivity index (χ4v) is 3.40. The minimum atomic E-state index is -0.964. The molecule has 9 heteroatoms. The maximum atomic E-state index is 11.5. The van der Waals surface area contributed by atoms with Gasteiger partial charge in [-0.3, -0.25) is 9.59 Å². The molecule has 2 rings (SSSR count). The van der Waals surface area contributed by atoms with Crippen molar-refractivity contribution < 1.29 is 9.59 Å². The molecular formula is C20H25N7O2. The Labute approximate surface area is 168 Å². The van der Waals surface area contributed by atoms with Gasteiger partial charge in [-0.2, -0.15) is 0 Å². The number of hydrazone groups is 1. The maximum absolute atomic E-state index is 11.5. The molecule has 0 bridgehead atoms. The first kappa shape index (κ1) is 21.7. The highest BCUT2D eigenvalue weighted by molar-refractivity contribution is 6.00. The van der Waals surface area contributed by atoms with E-state index in [1.54, 1.807) is 48.5 Å². The van der Waals surface area contributed by atoms with Crippen LogP contribution in [0.3, 0.4) is 0 Å². The highest BCUT2D eigenvalue weighted by atomic mass is 16.1. The van der Waals surface area contributed by atoms with Crippen molar-refractivity contribution in [2.45, 2.75) is 24.8 Å². The summed E-state index contributed by atoms with van der Waals surface area (Å²) in [5, 5.41) is 4.11. The molecule has 2 amide bonds.